The minimum Gasteiger partial charge on any atom is -0.319 e. The van der Waals surface area contributed by atoms with Crippen molar-refractivity contribution in [2.75, 3.05) is 5.32 Å². The van der Waals surface area contributed by atoms with Crippen molar-refractivity contribution in [1.82, 2.24) is 29.5 Å². The molecule has 0 saturated heterocycles. The van der Waals surface area contributed by atoms with Gasteiger partial charge in [-0.1, -0.05) is 5.21 Å². The number of aryl methyl sites for hydroxylation is 1. The van der Waals surface area contributed by atoms with Crippen LogP contribution in [0.25, 0.3) is 5.82 Å². The topological polar surface area (TPSA) is 90.5 Å². The van der Waals surface area contributed by atoms with Crippen molar-refractivity contribution in [3.63, 3.8) is 0 Å². The first-order valence-electron chi connectivity index (χ1n) is 5.84. The van der Waals surface area contributed by atoms with Gasteiger partial charge in [0.25, 0.3) is 5.91 Å². The normalized spacial score (nSPS) is 10.4. The Morgan fingerprint density at radius 1 is 1.35 bits per heavy atom. The van der Waals surface area contributed by atoms with Gasteiger partial charge in [-0.25, -0.2) is 9.97 Å². The molecular formula is C12H11N7O. The quantitative estimate of drug-likeness (QED) is 0.753. The van der Waals surface area contributed by atoms with Crippen molar-refractivity contribution >= 4 is 11.6 Å². The Morgan fingerprint density at radius 3 is 2.85 bits per heavy atom. The lowest BCUT2D eigenvalue weighted by atomic mass is 10.3. The highest BCUT2D eigenvalue weighted by Gasteiger charge is 2.10. The number of rotatable bonds is 3. The van der Waals surface area contributed by atoms with E-state index in [1.165, 1.54) is 4.68 Å². The Morgan fingerprint density at radius 2 is 2.25 bits per heavy atom. The van der Waals surface area contributed by atoms with E-state index in [9.17, 15) is 4.79 Å². The Balaban J connectivity index is 1.74. The fraction of sp³-hybridized carbons (Fsp3) is 0.0833. The Hall–Kier alpha value is -3.03. The van der Waals surface area contributed by atoms with Crippen LogP contribution in [0.5, 0.6) is 0 Å². The maximum absolute atomic E-state index is 11.9. The van der Waals surface area contributed by atoms with Crippen molar-refractivity contribution in [2.24, 2.45) is 7.05 Å². The number of nitrogens with one attached hydrogen (secondary N) is 1. The molecule has 0 aromatic carbocycles. The predicted molar refractivity (Wildman–Crippen MR) is 70.3 cm³/mol. The highest BCUT2D eigenvalue weighted by atomic mass is 16.2. The summed E-state index contributed by atoms with van der Waals surface area (Å²) < 4.78 is 3.24. The van der Waals surface area contributed by atoms with Gasteiger partial charge in [0.15, 0.2) is 5.69 Å². The summed E-state index contributed by atoms with van der Waals surface area (Å²) in [6.45, 7) is 0. The van der Waals surface area contributed by atoms with Gasteiger partial charge >= 0.3 is 0 Å². The van der Waals surface area contributed by atoms with E-state index in [4.69, 9.17) is 0 Å². The van der Waals surface area contributed by atoms with Gasteiger partial charge in [-0.2, -0.15) is 0 Å². The molecule has 0 bridgehead atoms. The minimum absolute atomic E-state index is 0.256. The lowest BCUT2D eigenvalue weighted by Gasteiger charge is -2.04. The number of pyridine rings is 1. The molecule has 0 atom stereocenters. The van der Waals surface area contributed by atoms with E-state index < -0.39 is 0 Å². The SMILES string of the molecule is Cn1cc(C(=O)Nc2ccc(-n3ccnc3)nc2)nn1. The van der Waals surface area contributed by atoms with Crippen molar-refractivity contribution in [3.8, 4) is 5.82 Å². The molecule has 3 aromatic heterocycles. The fourth-order valence-corrected chi connectivity index (χ4v) is 1.65. The summed E-state index contributed by atoms with van der Waals surface area (Å²) in [6.07, 6.45) is 8.23. The van der Waals surface area contributed by atoms with Crippen LogP contribution in [-0.2, 0) is 7.05 Å². The van der Waals surface area contributed by atoms with Gasteiger partial charge in [-0.05, 0) is 12.1 Å². The Labute approximate surface area is 114 Å². The van der Waals surface area contributed by atoms with Gasteiger partial charge in [0.2, 0.25) is 0 Å². The van der Waals surface area contributed by atoms with Gasteiger partial charge in [-0.15, -0.1) is 5.10 Å². The van der Waals surface area contributed by atoms with Crippen LogP contribution in [0.4, 0.5) is 5.69 Å². The van der Waals surface area contributed by atoms with Gasteiger partial charge in [0.05, 0.1) is 18.1 Å². The molecule has 0 spiro atoms. The number of carbonyl (C=O) groups excluding carboxylic acids is 1. The second-order valence-corrected chi connectivity index (χ2v) is 4.11. The number of anilines is 1. The third kappa shape index (κ3) is 2.39. The maximum Gasteiger partial charge on any atom is 0.277 e. The average Bonchev–Trinajstić information content (AvgIpc) is 3.10. The summed E-state index contributed by atoms with van der Waals surface area (Å²) in [5.41, 5.74) is 0.843. The average molecular weight is 269 g/mol. The van der Waals surface area contributed by atoms with Crippen LogP contribution in [0.2, 0.25) is 0 Å². The van der Waals surface area contributed by atoms with Gasteiger partial charge in [-0.3, -0.25) is 14.0 Å². The Bertz CT molecular complexity index is 715. The molecule has 1 N–H and O–H groups in total. The fourth-order valence-electron chi connectivity index (χ4n) is 1.65. The standard InChI is InChI=1S/C12H11N7O/c1-18-7-10(16-17-18)12(20)15-9-2-3-11(14-6-9)19-5-4-13-8-19/h2-8H,1H3,(H,15,20). The molecule has 0 unspecified atom stereocenters. The second-order valence-electron chi connectivity index (χ2n) is 4.11. The van der Waals surface area contributed by atoms with Crippen LogP contribution in [0.1, 0.15) is 10.5 Å². The molecule has 3 aromatic rings. The molecule has 0 aliphatic heterocycles. The zero-order valence-electron chi connectivity index (χ0n) is 10.6. The maximum atomic E-state index is 11.9. The van der Waals surface area contributed by atoms with Gasteiger partial charge in [0.1, 0.15) is 12.1 Å². The van der Waals surface area contributed by atoms with Crippen LogP contribution < -0.4 is 5.32 Å². The first-order valence-corrected chi connectivity index (χ1v) is 5.84. The largest absolute Gasteiger partial charge is 0.319 e. The summed E-state index contributed by atoms with van der Waals surface area (Å²) in [4.78, 5) is 20.1. The van der Waals surface area contributed by atoms with Gasteiger partial charge < -0.3 is 5.32 Å². The van der Waals surface area contributed by atoms with Crippen LogP contribution in [0.3, 0.4) is 0 Å². The van der Waals surface area contributed by atoms with E-state index >= 15 is 0 Å². The van der Waals surface area contributed by atoms with Crippen LogP contribution in [-0.4, -0.2) is 35.4 Å². The molecule has 8 heteroatoms. The van der Waals surface area contributed by atoms with Crippen LogP contribution in [0.15, 0.2) is 43.2 Å². The zero-order valence-corrected chi connectivity index (χ0v) is 10.6. The van der Waals surface area contributed by atoms with Crippen LogP contribution in [0, 0.1) is 0 Å². The molecule has 0 aliphatic carbocycles. The Kier molecular flexibility index (Phi) is 2.96. The molecule has 1 amide bonds. The van der Waals surface area contributed by atoms with E-state index in [0.717, 1.165) is 5.82 Å². The second kappa shape index (κ2) is 4.92. The van der Waals surface area contributed by atoms with Crippen molar-refractivity contribution < 1.29 is 4.79 Å². The molecule has 0 aliphatic rings. The number of hydrogen-bond donors (Lipinski definition) is 1. The molecule has 20 heavy (non-hydrogen) atoms. The van der Waals surface area contributed by atoms with E-state index in [1.807, 2.05) is 0 Å². The van der Waals surface area contributed by atoms with E-state index in [-0.39, 0.29) is 11.6 Å². The van der Waals surface area contributed by atoms with E-state index in [0.29, 0.717) is 5.69 Å². The number of imidazole rings is 1. The molecule has 3 rings (SSSR count). The highest BCUT2D eigenvalue weighted by Crippen LogP contribution is 2.10. The third-order valence-electron chi connectivity index (χ3n) is 2.61. The molecule has 100 valence electrons. The molecule has 8 nitrogen and oxygen atoms in total. The lowest BCUT2D eigenvalue weighted by molar-refractivity contribution is 0.102. The highest BCUT2D eigenvalue weighted by molar-refractivity contribution is 6.02. The number of hydrogen-bond acceptors (Lipinski definition) is 5. The lowest BCUT2D eigenvalue weighted by Crippen LogP contribution is -2.12. The third-order valence-corrected chi connectivity index (χ3v) is 2.61. The summed E-state index contributed by atoms with van der Waals surface area (Å²) in [5.74, 6) is 0.398. The summed E-state index contributed by atoms with van der Waals surface area (Å²) >= 11 is 0. The minimum atomic E-state index is -0.324. The van der Waals surface area contributed by atoms with Crippen LogP contribution >= 0.6 is 0 Å². The molecule has 0 fully saturated rings. The smallest absolute Gasteiger partial charge is 0.277 e. The number of nitrogens with zero attached hydrogens (tertiary/aromatic N) is 6. The molecule has 0 radical (unpaired) electrons. The predicted octanol–water partition coefficient (Wildman–Crippen LogP) is 0.648. The van der Waals surface area contributed by atoms with Crippen molar-refractivity contribution in [1.29, 1.82) is 0 Å². The molecular weight excluding hydrogens is 258 g/mol. The summed E-state index contributed by atoms with van der Waals surface area (Å²) in [5, 5.41) is 10.1. The molecule has 3 heterocycles. The van der Waals surface area contributed by atoms with E-state index in [1.54, 1.807) is 54.9 Å². The number of amides is 1. The zero-order chi connectivity index (χ0) is 13.9. The number of carbonyl (C=O) groups is 1. The van der Waals surface area contributed by atoms with Crippen molar-refractivity contribution in [2.45, 2.75) is 0 Å². The molecule has 0 saturated carbocycles. The van der Waals surface area contributed by atoms with Crippen molar-refractivity contribution in [3.05, 3.63) is 48.9 Å². The first-order chi connectivity index (χ1) is 9.72. The summed E-state index contributed by atoms with van der Waals surface area (Å²) in [6, 6.07) is 3.55. The first kappa shape index (κ1) is 12.0. The van der Waals surface area contributed by atoms with Gasteiger partial charge in [0, 0.05) is 19.4 Å². The number of aromatic nitrogens is 6. The monoisotopic (exact) mass is 269 g/mol. The van der Waals surface area contributed by atoms with E-state index in [2.05, 4.69) is 25.6 Å². The summed E-state index contributed by atoms with van der Waals surface area (Å²) in [7, 11) is 1.70.